The van der Waals surface area contributed by atoms with Gasteiger partial charge in [0.1, 0.15) is 11.2 Å². The highest BCUT2D eigenvalue weighted by molar-refractivity contribution is 6.10. The molecule has 3 heterocycles. The predicted octanol–water partition coefficient (Wildman–Crippen LogP) is 11.5. The summed E-state index contributed by atoms with van der Waals surface area (Å²) in [5, 5.41) is 4.35. The minimum atomic E-state index is -0.436. The zero-order valence-electron chi connectivity index (χ0n) is 31.5. The van der Waals surface area contributed by atoms with Crippen LogP contribution in [0.3, 0.4) is 0 Å². The van der Waals surface area contributed by atoms with Crippen LogP contribution in [0.15, 0.2) is 174 Å². The van der Waals surface area contributed by atoms with Crippen molar-refractivity contribution in [1.29, 1.82) is 0 Å². The lowest BCUT2D eigenvalue weighted by Crippen LogP contribution is -2.00. The van der Waals surface area contributed by atoms with E-state index in [1.165, 1.54) is 10.8 Å². The Bertz CT molecular complexity index is 3090. The molecular weight excluding hydrogens is 613 g/mol. The van der Waals surface area contributed by atoms with Crippen molar-refractivity contribution in [3.63, 3.8) is 0 Å². The second kappa shape index (κ2) is 11.4. The van der Waals surface area contributed by atoms with E-state index >= 15 is 0 Å². The lowest BCUT2D eigenvalue weighted by molar-refractivity contribution is 0.668. The van der Waals surface area contributed by atoms with Gasteiger partial charge in [-0.05, 0) is 53.6 Å². The van der Waals surface area contributed by atoms with Crippen molar-refractivity contribution >= 4 is 43.7 Å². The number of rotatable bonds is 5. The number of hydrogen-bond donors (Lipinski definition) is 0. The summed E-state index contributed by atoms with van der Waals surface area (Å²) in [4.78, 5) is 14.7. The number of fused-ring (bicyclic) bond motifs is 6. The summed E-state index contributed by atoms with van der Waals surface area (Å²) in [6.07, 6.45) is 0. The van der Waals surface area contributed by atoms with E-state index in [2.05, 4.69) is 71.3 Å². The fourth-order valence-electron chi connectivity index (χ4n) is 6.80. The van der Waals surface area contributed by atoms with E-state index in [0.717, 1.165) is 44.2 Å². The number of hydrogen-bond acceptors (Lipinski definition) is 4. The molecule has 0 spiro atoms. The maximum absolute atomic E-state index is 8.54. The van der Waals surface area contributed by atoms with Crippen LogP contribution in [-0.4, -0.2) is 19.5 Å². The molecule has 7 aromatic carbocycles. The van der Waals surface area contributed by atoms with Gasteiger partial charge in [-0.1, -0.05) is 121 Å². The molecule has 0 unspecified atom stereocenters. The van der Waals surface area contributed by atoms with Gasteiger partial charge in [-0.2, -0.15) is 0 Å². The number of furan rings is 1. The number of benzene rings is 7. The largest absolute Gasteiger partial charge is 0.456 e. The summed E-state index contributed by atoms with van der Waals surface area (Å²) in [5.41, 5.74) is 7.42. The number of aromatic nitrogens is 4. The molecule has 0 aliphatic carbocycles. The van der Waals surface area contributed by atoms with Crippen molar-refractivity contribution in [2.75, 3.05) is 0 Å². The first-order valence-electron chi connectivity index (χ1n) is 18.8. The third-order valence-corrected chi connectivity index (χ3v) is 9.13. The second-order valence-corrected chi connectivity index (χ2v) is 12.1. The highest BCUT2D eigenvalue weighted by atomic mass is 16.3. The molecule has 0 saturated carbocycles. The van der Waals surface area contributed by atoms with E-state index in [-0.39, 0.29) is 29.7 Å². The van der Waals surface area contributed by atoms with E-state index in [4.69, 9.17) is 26.2 Å². The van der Waals surface area contributed by atoms with E-state index < -0.39 is 6.04 Å². The lowest BCUT2D eigenvalue weighted by Gasteiger charge is -2.09. The van der Waals surface area contributed by atoms with Crippen LogP contribution in [0, 0.1) is 0 Å². The maximum Gasteiger partial charge on any atom is 0.164 e. The average Bonchev–Trinajstić information content (AvgIpc) is 3.77. The molecule has 3 aromatic heterocycles. The Kier molecular flexibility index (Phi) is 5.35. The van der Waals surface area contributed by atoms with Crippen LogP contribution >= 0.6 is 0 Å². The van der Waals surface area contributed by atoms with Crippen LogP contribution in [-0.2, 0) is 0 Å². The van der Waals surface area contributed by atoms with Crippen LogP contribution in [0.5, 0.6) is 0 Å². The summed E-state index contributed by atoms with van der Waals surface area (Å²) in [7, 11) is 0. The lowest BCUT2D eigenvalue weighted by atomic mass is 10.0. The van der Waals surface area contributed by atoms with Crippen molar-refractivity contribution in [1.82, 2.24) is 19.5 Å². The summed E-state index contributed by atoms with van der Waals surface area (Å²) in [6.45, 7) is 0. The third kappa shape index (κ3) is 4.67. The van der Waals surface area contributed by atoms with E-state index in [1.54, 1.807) is 18.2 Å². The number of nitrogens with zero attached hydrogens (tertiary/aromatic N) is 4. The van der Waals surface area contributed by atoms with E-state index in [9.17, 15) is 0 Å². The molecule has 0 atom stereocenters. The highest BCUT2D eigenvalue weighted by Gasteiger charge is 2.17. The molecule has 5 heteroatoms. The molecule has 0 aliphatic heterocycles. The van der Waals surface area contributed by atoms with Crippen molar-refractivity contribution in [2.45, 2.75) is 0 Å². The molecule has 0 fully saturated rings. The Balaban J connectivity index is 1.10. The minimum absolute atomic E-state index is 0.113. The molecule has 0 radical (unpaired) electrons. The van der Waals surface area contributed by atoms with Gasteiger partial charge in [0.25, 0.3) is 0 Å². The van der Waals surface area contributed by atoms with Crippen LogP contribution in [0.2, 0.25) is 0 Å². The zero-order valence-corrected chi connectivity index (χ0v) is 26.5. The second-order valence-electron chi connectivity index (χ2n) is 12.1. The van der Waals surface area contributed by atoms with Gasteiger partial charge in [-0.3, -0.25) is 0 Å². The van der Waals surface area contributed by atoms with Crippen molar-refractivity contribution in [3.8, 4) is 51.0 Å². The molecule has 234 valence electrons. The molecule has 10 rings (SSSR count). The van der Waals surface area contributed by atoms with E-state index in [1.807, 2.05) is 54.6 Å². The molecule has 5 nitrogen and oxygen atoms in total. The topological polar surface area (TPSA) is 56.7 Å². The Morgan fingerprint density at radius 1 is 0.420 bits per heavy atom. The minimum Gasteiger partial charge on any atom is -0.456 e. The molecule has 0 amide bonds. The Hall–Kier alpha value is -6.85. The average molecular weight is 646 g/mol. The van der Waals surface area contributed by atoms with Gasteiger partial charge in [-0.15, -0.1) is 0 Å². The molecule has 0 saturated heterocycles. The van der Waals surface area contributed by atoms with Gasteiger partial charge in [-0.25, -0.2) is 15.0 Å². The summed E-state index contributed by atoms with van der Waals surface area (Å²) < 4.78 is 50.3. The fourth-order valence-corrected chi connectivity index (χ4v) is 6.80. The molecule has 50 heavy (non-hydrogen) atoms. The predicted molar refractivity (Wildman–Crippen MR) is 203 cm³/mol. The van der Waals surface area contributed by atoms with Crippen molar-refractivity contribution in [3.05, 3.63) is 170 Å². The van der Waals surface area contributed by atoms with Crippen LogP contribution in [0.1, 0.15) is 6.85 Å². The first-order valence-corrected chi connectivity index (χ1v) is 16.3. The normalized spacial score (nSPS) is 13.0. The Labute approximate surface area is 294 Å². The Morgan fingerprint density at radius 2 is 0.980 bits per heavy atom. The molecule has 0 N–H and O–H groups in total. The summed E-state index contributed by atoms with van der Waals surface area (Å²) in [6, 6.07) is 44.1. The summed E-state index contributed by atoms with van der Waals surface area (Å²) in [5.74, 6) is 1.28. The summed E-state index contributed by atoms with van der Waals surface area (Å²) >= 11 is 0. The SMILES string of the molecule is [2H]c1c([2H])c([2H])c(-c2cccc(-c3nc(-c4ccccc4)nc(-c4ccc5c(c4)oc4cc(-n6c7ccccc7c7ccccc76)ccc45)n3)c2)c([2H])c1[2H]. The first kappa shape index (κ1) is 23.5. The van der Waals surface area contributed by atoms with Gasteiger partial charge in [0, 0.05) is 50.0 Å². The van der Waals surface area contributed by atoms with E-state index in [0.29, 0.717) is 34.2 Å². The smallest absolute Gasteiger partial charge is 0.164 e. The highest BCUT2D eigenvalue weighted by Crippen LogP contribution is 2.37. The fraction of sp³-hybridized carbons (Fsp3) is 0. The van der Waals surface area contributed by atoms with Gasteiger partial charge in [0.05, 0.1) is 17.9 Å². The first-order chi connectivity index (χ1) is 26.8. The Morgan fingerprint density at radius 3 is 1.70 bits per heavy atom. The van der Waals surface area contributed by atoms with Crippen LogP contribution < -0.4 is 0 Å². The van der Waals surface area contributed by atoms with Crippen molar-refractivity contribution < 1.29 is 11.3 Å². The van der Waals surface area contributed by atoms with Crippen LogP contribution in [0.25, 0.3) is 94.7 Å². The quantitative estimate of drug-likeness (QED) is 0.187. The van der Waals surface area contributed by atoms with Crippen molar-refractivity contribution in [2.24, 2.45) is 0 Å². The van der Waals surface area contributed by atoms with Gasteiger partial charge in [0.2, 0.25) is 0 Å². The van der Waals surface area contributed by atoms with Gasteiger partial charge < -0.3 is 8.98 Å². The molecular formula is C45H28N4O. The van der Waals surface area contributed by atoms with Gasteiger partial charge >= 0.3 is 0 Å². The van der Waals surface area contributed by atoms with Crippen LogP contribution in [0.4, 0.5) is 0 Å². The third-order valence-electron chi connectivity index (χ3n) is 9.13. The molecule has 0 bridgehead atoms. The molecule has 10 aromatic rings. The number of para-hydroxylation sites is 2. The monoisotopic (exact) mass is 645 g/mol. The zero-order chi connectivity index (χ0) is 37.4. The standard InChI is InChI=1S/C45H28N4O/c1-3-12-29(13-4-1)31-16-11-17-32(26-31)44-46-43(30-14-5-2-6-15-30)47-45(48-44)33-22-24-37-38-25-23-34(28-42(38)50-41(37)27-33)49-39-20-9-7-18-35(39)36-19-8-10-21-40(36)49/h1-28H/i1D,3D,4D,12D,13D. The van der Waals surface area contributed by atoms with Gasteiger partial charge in [0.15, 0.2) is 17.5 Å². The maximum atomic E-state index is 8.54. The molecule has 0 aliphatic rings.